The average Bonchev–Trinajstić information content (AvgIpc) is 3.15. The second-order valence-electron chi connectivity index (χ2n) is 6.40. The molecule has 1 unspecified atom stereocenters. The van der Waals surface area contributed by atoms with Crippen LogP contribution in [0.1, 0.15) is 18.9 Å². The van der Waals surface area contributed by atoms with Gasteiger partial charge in [-0.3, -0.25) is 9.40 Å². The minimum Gasteiger partial charge on any atom is -0.394 e. The maximum Gasteiger partial charge on any atom is 0.261 e. The summed E-state index contributed by atoms with van der Waals surface area (Å²) in [5.74, 6) is 0. The molecule has 0 amide bonds. The van der Waals surface area contributed by atoms with Crippen LogP contribution in [0.5, 0.6) is 0 Å². The molecule has 4 N–H and O–H groups in total. The molecule has 1 aliphatic heterocycles. The summed E-state index contributed by atoms with van der Waals surface area (Å²) in [6, 6.07) is 6.36. The van der Waals surface area contributed by atoms with Crippen molar-refractivity contribution in [3.8, 4) is 0 Å². The molecule has 0 radical (unpaired) electrons. The Hall–Kier alpha value is -2.14. The molecule has 1 aromatic carbocycles. The van der Waals surface area contributed by atoms with Crippen LogP contribution < -0.4 is 10.0 Å². The maximum absolute atomic E-state index is 12.5. The molecule has 2 aromatic rings. The van der Waals surface area contributed by atoms with Crippen LogP contribution in [0.25, 0.3) is 0 Å². The Morgan fingerprint density at radius 3 is 2.59 bits per heavy atom. The maximum atomic E-state index is 12.5. The Morgan fingerprint density at radius 2 is 1.93 bits per heavy atom. The Labute approximate surface area is 158 Å². The summed E-state index contributed by atoms with van der Waals surface area (Å²) in [6.07, 6.45) is 4.03. The fourth-order valence-corrected chi connectivity index (χ4v) is 3.83. The van der Waals surface area contributed by atoms with Gasteiger partial charge >= 0.3 is 0 Å². The van der Waals surface area contributed by atoms with E-state index in [-0.39, 0.29) is 24.1 Å². The van der Waals surface area contributed by atoms with Gasteiger partial charge in [0, 0.05) is 31.6 Å². The van der Waals surface area contributed by atoms with Crippen molar-refractivity contribution in [2.45, 2.75) is 29.9 Å². The highest BCUT2D eigenvalue weighted by molar-refractivity contribution is 7.92. The Bertz CT molecular complexity index is 831. The molecule has 0 bridgehead atoms. The lowest BCUT2D eigenvalue weighted by Crippen LogP contribution is -2.22. The molecule has 27 heavy (non-hydrogen) atoms. The van der Waals surface area contributed by atoms with Crippen molar-refractivity contribution in [2.75, 3.05) is 36.4 Å². The van der Waals surface area contributed by atoms with E-state index in [0.717, 1.165) is 12.8 Å². The zero-order valence-electron chi connectivity index (χ0n) is 14.8. The fourth-order valence-electron chi connectivity index (χ4n) is 2.81. The number of nitrogens with zero attached hydrogens (tertiary/aromatic N) is 2. The van der Waals surface area contributed by atoms with Crippen molar-refractivity contribution >= 4 is 21.4 Å². The summed E-state index contributed by atoms with van der Waals surface area (Å²) in [5, 5.41) is 25.3. The minimum atomic E-state index is -3.73. The Kier molecular flexibility index (Phi) is 6.32. The molecular formula is C17H24N4O5S. The van der Waals surface area contributed by atoms with Gasteiger partial charge in [0.1, 0.15) is 0 Å². The van der Waals surface area contributed by atoms with Gasteiger partial charge in [-0.05, 0) is 37.1 Å². The second kappa shape index (κ2) is 8.70. The van der Waals surface area contributed by atoms with Gasteiger partial charge in [0.15, 0.2) is 0 Å². The number of aliphatic hydroxyl groups excluding tert-OH is 2. The van der Waals surface area contributed by atoms with E-state index >= 15 is 0 Å². The third-order valence-corrected chi connectivity index (χ3v) is 5.73. The van der Waals surface area contributed by atoms with Crippen LogP contribution in [0.4, 0.5) is 11.4 Å². The highest BCUT2D eigenvalue weighted by Crippen LogP contribution is 2.23. The molecule has 0 saturated carbocycles. The van der Waals surface area contributed by atoms with E-state index < -0.39 is 16.1 Å². The van der Waals surface area contributed by atoms with Crippen LogP contribution in [0.2, 0.25) is 0 Å². The number of aliphatic hydroxyl groups is 2. The SMILES string of the molecule is O=S(=O)(Nc1cnn(C2CCOCC2)c1)c1ccc(NCC(O)CO)cc1. The number of ether oxygens (including phenoxy) is 1. The molecule has 3 rings (SSSR count). The second-order valence-corrected chi connectivity index (χ2v) is 8.08. The number of nitrogens with one attached hydrogen (secondary N) is 2. The fraction of sp³-hybridized carbons (Fsp3) is 0.471. The van der Waals surface area contributed by atoms with Crippen molar-refractivity contribution in [1.29, 1.82) is 0 Å². The van der Waals surface area contributed by atoms with Crippen molar-refractivity contribution in [2.24, 2.45) is 0 Å². The molecule has 148 valence electrons. The first kappa shape index (κ1) is 19.6. The predicted molar refractivity (Wildman–Crippen MR) is 100 cm³/mol. The van der Waals surface area contributed by atoms with Crippen LogP contribution in [0, 0.1) is 0 Å². The molecule has 0 aliphatic carbocycles. The highest BCUT2D eigenvalue weighted by Gasteiger charge is 2.19. The summed E-state index contributed by atoms with van der Waals surface area (Å²) < 4.78 is 34.7. The monoisotopic (exact) mass is 396 g/mol. The van der Waals surface area contributed by atoms with E-state index in [2.05, 4.69) is 15.1 Å². The minimum absolute atomic E-state index is 0.120. The summed E-state index contributed by atoms with van der Waals surface area (Å²) in [7, 11) is -3.73. The van der Waals surface area contributed by atoms with E-state index in [1.807, 2.05) is 0 Å². The van der Waals surface area contributed by atoms with Gasteiger partial charge in [0.25, 0.3) is 10.0 Å². The van der Waals surface area contributed by atoms with Gasteiger partial charge in [0.2, 0.25) is 0 Å². The third kappa shape index (κ3) is 5.19. The van der Waals surface area contributed by atoms with E-state index in [9.17, 15) is 13.5 Å². The molecule has 0 spiro atoms. The van der Waals surface area contributed by atoms with Crippen LogP contribution in [-0.2, 0) is 14.8 Å². The van der Waals surface area contributed by atoms with Crippen molar-refractivity contribution in [1.82, 2.24) is 9.78 Å². The van der Waals surface area contributed by atoms with Crippen LogP contribution in [-0.4, -0.2) is 60.9 Å². The van der Waals surface area contributed by atoms with E-state index in [0.29, 0.717) is 24.6 Å². The number of benzene rings is 1. The summed E-state index contributed by atoms with van der Waals surface area (Å²) in [6.45, 7) is 1.19. The smallest absolute Gasteiger partial charge is 0.261 e. The number of sulfonamides is 1. The Morgan fingerprint density at radius 1 is 1.22 bits per heavy atom. The quantitative estimate of drug-likeness (QED) is 0.520. The summed E-state index contributed by atoms with van der Waals surface area (Å²) in [4.78, 5) is 0.120. The summed E-state index contributed by atoms with van der Waals surface area (Å²) in [5.41, 5.74) is 1.06. The topological polar surface area (TPSA) is 126 Å². The third-order valence-electron chi connectivity index (χ3n) is 4.34. The van der Waals surface area contributed by atoms with Gasteiger partial charge in [-0.2, -0.15) is 5.10 Å². The molecular weight excluding hydrogens is 372 g/mol. The van der Waals surface area contributed by atoms with Crippen molar-refractivity contribution < 1.29 is 23.4 Å². The number of hydrogen-bond acceptors (Lipinski definition) is 7. The lowest BCUT2D eigenvalue weighted by Gasteiger charge is -2.22. The number of anilines is 2. The van der Waals surface area contributed by atoms with Crippen LogP contribution >= 0.6 is 0 Å². The first-order valence-corrected chi connectivity index (χ1v) is 10.2. The molecule has 10 heteroatoms. The molecule has 1 fully saturated rings. The molecule has 1 aromatic heterocycles. The largest absolute Gasteiger partial charge is 0.394 e. The van der Waals surface area contributed by atoms with Gasteiger partial charge in [-0.25, -0.2) is 8.42 Å². The van der Waals surface area contributed by atoms with E-state index in [1.54, 1.807) is 23.0 Å². The normalized spacial score (nSPS) is 16.8. The predicted octanol–water partition coefficient (Wildman–Crippen LogP) is 0.800. The van der Waals surface area contributed by atoms with Crippen molar-refractivity contribution in [3.63, 3.8) is 0 Å². The van der Waals surface area contributed by atoms with Gasteiger partial charge in [-0.15, -0.1) is 0 Å². The van der Waals surface area contributed by atoms with Gasteiger partial charge < -0.3 is 20.3 Å². The lowest BCUT2D eigenvalue weighted by molar-refractivity contribution is 0.0662. The standard InChI is InChI=1S/C17H24N4O5S/c22-12-16(23)10-18-13-1-3-17(4-2-13)27(24,25)20-14-9-19-21(11-14)15-5-7-26-8-6-15/h1-4,9,11,15-16,18,20,22-23H,5-8,10,12H2. The van der Waals surface area contributed by atoms with Crippen molar-refractivity contribution in [3.05, 3.63) is 36.7 Å². The van der Waals surface area contributed by atoms with E-state index in [4.69, 9.17) is 9.84 Å². The average molecular weight is 396 g/mol. The molecule has 1 saturated heterocycles. The highest BCUT2D eigenvalue weighted by atomic mass is 32.2. The lowest BCUT2D eigenvalue weighted by atomic mass is 10.1. The number of rotatable bonds is 8. The number of hydrogen-bond donors (Lipinski definition) is 4. The molecule has 9 nitrogen and oxygen atoms in total. The molecule has 1 aliphatic rings. The first-order chi connectivity index (χ1) is 13.0. The molecule has 2 heterocycles. The van der Waals surface area contributed by atoms with Crippen LogP contribution in [0.15, 0.2) is 41.6 Å². The zero-order chi connectivity index (χ0) is 19.3. The zero-order valence-corrected chi connectivity index (χ0v) is 15.6. The van der Waals surface area contributed by atoms with Gasteiger partial charge in [-0.1, -0.05) is 0 Å². The first-order valence-electron chi connectivity index (χ1n) is 8.75. The Balaban J connectivity index is 1.63. The number of aromatic nitrogens is 2. The van der Waals surface area contributed by atoms with E-state index in [1.165, 1.54) is 18.3 Å². The van der Waals surface area contributed by atoms with Crippen LogP contribution in [0.3, 0.4) is 0 Å². The molecule has 1 atom stereocenters. The summed E-state index contributed by atoms with van der Waals surface area (Å²) >= 11 is 0. The van der Waals surface area contributed by atoms with Gasteiger partial charge in [0.05, 0.1) is 35.5 Å².